The third kappa shape index (κ3) is 3.65. The molecule has 5 nitrogen and oxygen atoms in total. The molecule has 0 fully saturated rings. The van der Waals surface area contributed by atoms with E-state index in [0.29, 0.717) is 29.3 Å². The Hall–Kier alpha value is -3.25. The van der Waals surface area contributed by atoms with Crippen LogP contribution in [-0.2, 0) is 19.4 Å². The number of hydrogen-bond acceptors (Lipinski definition) is 4. The molecule has 0 bridgehead atoms. The van der Waals surface area contributed by atoms with Gasteiger partial charge in [-0.15, -0.1) is 0 Å². The molecule has 0 unspecified atom stereocenters. The lowest BCUT2D eigenvalue weighted by Gasteiger charge is -2.32. The molecule has 2 aromatic carbocycles. The van der Waals surface area contributed by atoms with Crippen LogP contribution in [-0.4, -0.2) is 34.9 Å². The number of carbonyl (C=O) groups is 1. The monoisotopic (exact) mass is 430 g/mol. The largest absolute Gasteiger partial charge is 0.383 e. The van der Waals surface area contributed by atoms with E-state index in [4.69, 9.17) is 5.73 Å². The van der Waals surface area contributed by atoms with Crippen LogP contribution in [0.4, 0.5) is 10.2 Å². The number of nitrogen functional groups attached to an aromatic ring is 1. The molecule has 0 aliphatic carbocycles. The van der Waals surface area contributed by atoms with Gasteiger partial charge in [0.05, 0.1) is 0 Å². The van der Waals surface area contributed by atoms with Crippen molar-refractivity contribution in [2.45, 2.75) is 39.3 Å². The summed E-state index contributed by atoms with van der Waals surface area (Å²) >= 11 is 0. The molecular weight excluding hydrogens is 403 g/mol. The number of fused-ring (bicyclic) bond motifs is 2. The van der Waals surface area contributed by atoms with E-state index >= 15 is 0 Å². The van der Waals surface area contributed by atoms with Crippen LogP contribution >= 0.6 is 0 Å². The molecule has 0 saturated heterocycles. The average Bonchev–Trinajstić information content (AvgIpc) is 2.78. The van der Waals surface area contributed by atoms with E-state index < -0.39 is 5.95 Å². The summed E-state index contributed by atoms with van der Waals surface area (Å²) < 4.78 is 14.9. The summed E-state index contributed by atoms with van der Waals surface area (Å²) in [6, 6.07) is 14.0. The molecule has 3 N–H and O–H groups in total. The molecular formula is C26H27FN4O. The second-order valence-electron chi connectivity index (χ2n) is 8.94. The number of nitrogens with two attached hydrogens (primary N) is 1. The molecule has 1 aromatic heterocycles. The summed E-state index contributed by atoms with van der Waals surface area (Å²) in [6.07, 6.45) is 1.76. The molecule has 6 heteroatoms. The summed E-state index contributed by atoms with van der Waals surface area (Å²) in [5.74, 6) is -0.483. The minimum absolute atomic E-state index is 0.0619. The van der Waals surface area contributed by atoms with Crippen LogP contribution in [0.1, 0.15) is 40.9 Å². The van der Waals surface area contributed by atoms with Crippen molar-refractivity contribution in [2.24, 2.45) is 0 Å². The van der Waals surface area contributed by atoms with Crippen LogP contribution in [0, 0.1) is 5.95 Å². The van der Waals surface area contributed by atoms with Crippen molar-refractivity contribution in [2.75, 3.05) is 18.8 Å². The minimum atomic E-state index is -0.569. The summed E-state index contributed by atoms with van der Waals surface area (Å²) in [6.45, 7) is 6.92. The number of rotatable bonds is 3. The topological polar surface area (TPSA) is 71.2 Å². The Morgan fingerprint density at radius 1 is 0.969 bits per heavy atom. The lowest BCUT2D eigenvalue weighted by molar-refractivity contribution is 0.0946. The number of hydrogen-bond donors (Lipinski definition) is 2. The quantitative estimate of drug-likeness (QED) is 0.612. The van der Waals surface area contributed by atoms with Crippen LogP contribution < -0.4 is 11.1 Å². The van der Waals surface area contributed by atoms with Gasteiger partial charge in [0, 0.05) is 42.4 Å². The fourth-order valence-corrected chi connectivity index (χ4v) is 4.72. The van der Waals surface area contributed by atoms with Crippen molar-refractivity contribution in [1.29, 1.82) is 0 Å². The number of nitrogens with one attached hydrogen (secondary N) is 1. The van der Waals surface area contributed by atoms with Crippen LogP contribution in [0.25, 0.3) is 22.3 Å². The Labute approximate surface area is 187 Å². The van der Waals surface area contributed by atoms with Crippen molar-refractivity contribution in [3.63, 3.8) is 0 Å². The molecule has 5 rings (SSSR count). The molecule has 0 spiro atoms. The highest BCUT2D eigenvalue weighted by Gasteiger charge is 2.21. The highest BCUT2D eigenvalue weighted by Crippen LogP contribution is 2.34. The van der Waals surface area contributed by atoms with Crippen LogP contribution in [0.3, 0.4) is 0 Å². The molecule has 0 atom stereocenters. The fourth-order valence-electron chi connectivity index (χ4n) is 4.72. The van der Waals surface area contributed by atoms with E-state index in [9.17, 15) is 9.18 Å². The van der Waals surface area contributed by atoms with Crippen LogP contribution in [0.15, 0.2) is 42.5 Å². The van der Waals surface area contributed by atoms with Crippen LogP contribution in [0.2, 0.25) is 0 Å². The first-order valence-corrected chi connectivity index (χ1v) is 11.1. The van der Waals surface area contributed by atoms with Crippen molar-refractivity contribution in [3.05, 3.63) is 70.7 Å². The van der Waals surface area contributed by atoms with E-state index in [-0.39, 0.29) is 11.7 Å². The maximum absolute atomic E-state index is 14.9. The molecule has 3 heterocycles. The Kier molecular flexibility index (Phi) is 5.18. The van der Waals surface area contributed by atoms with Gasteiger partial charge in [-0.25, -0.2) is 4.98 Å². The number of nitrogens with zero attached hydrogens (tertiary/aromatic N) is 2. The van der Waals surface area contributed by atoms with Crippen LogP contribution in [0.5, 0.6) is 0 Å². The first-order valence-electron chi connectivity index (χ1n) is 11.1. The highest BCUT2D eigenvalue weighted by molar-refractivity contribution is 5.97. The van der Waals surface area contributed by atoms with Gasteiger partial charge in [0.25, 0.3) is 5.91 Å². The van der Waals surface area contributed by atoms with E-state index in [2.05, 4.69) is 41.2 Å². The van der Waals surface area contributed by atoms with Gasteiger partial charge < -0.3 is 11.1 Å². The van der Waals surface area contributed by atoms with Crippen molar-refractivity contribution in [1.82, 2.24) is 15.2 Å². The summed E-state index contributed by atoms with van der Waals surface area (Å²) in [4.78, 5) is 18.5. The molecule has 0 saturated carbocycles. The van der Waals surface area contributed by atoms with Gasteiger partial charge in [0.15, 0.2) is 0 Å². The number of pyridine rings is 1. The molecule has 164 valence electrons. The maximum Gasteiger partial charge on any atom is 0.251 e. The Bertz CT molecular complexity index is 1220. The predicted octanol–water partition coefficient (Wildman–Crippen LogP) is 4.19. The van der Waals surface area contributed by atoms with Crippen molar-refractivity contribution >= 4 is 11.7 Å². The SMILES string of the molecule is CC(C)N1CCc2ccc(-c3cc(-c4ccc5c(c4)CCNC5=O)c(N)nc3F)cc2C1. The third-order valence-corrected chi connectivity index (χ3v) is 6.64. The van der Waals surface area contributed by atoms with Crippen molar-refractivity contribution in [3.8, 4) is 22.3 Å². The van der Waals surface area contributed by atoms with Gasteiger partial charge in [-0.05, 0) is 72.7 Å². The number of carbonyl (C=O) groups excluding carboxylic acids is 1. The predicted molar refractivity (Wildman–Crippen MR) is 125 cm³/mol. The molecule has 1 amide bonds. The van der Waals surface area contributed by atoms with E-state index in [0.717, 1.165) is 42.6 Å². The smallest absolute Gasteiger partial charge is 0.251 e. The van der Waals surface area contributed by atoms with Gasteiger partial charge >= 0.3 is 0 Å². The van der Waals surface area contributed by atoms with Gasteiger partial charge in [0.1, 0.15) is 5.82 Å². The summed E-state index contributed by atoms with van der Waals surface area (Å²) in [7, 11) is 0. The van der Waals surface area contributed by atoms with E-state index in [1.807, 2.05) is 18.2 Å². The fraction of sp³-hybridized carbons (Fsp3) is 0.308. The second-order valence-corrected chi connectivity index (χ2v) is 8.94. The third-order valence-electron chi connectivity index (χ3n) is 6.64. The lowest BCUT2D eigenvalue weighted by atomic mass is 9.92. The molecule has 2 aliphatic heterocycles. The number of benzene rings is 2. The highest BCUT2D eigenvalue weighted by atomic mass is 19.1. The lowest BCUT2D eigenvalue weighted by Crippen LogP contribution is -2.35. The first kappa shape index (κ1) is 20.6. The molecule has 3 aromatic rings. The first-order chi connectivity index (χ1) is 15.4. The Morgan fingerprint density at radius 3 is 2.53 bits per heavy atom. The molecule has 32 heavy (non-hydrogen) atoms. The number of halogens is 1. The number of aromatic nitrogens is 1. The normalized spacial score (nSPS) is 15.9. The van der Waals surface area contributed by atoms with E-state index in [1.54, 1.807) is 12.1 Å². The zero-order valence-corrected chi connectivity index (χ0v) is 18.4. The van der Waals surface area contributed by atoms with Gasteiger partial charge in [-0.2, -0.15) is 4.39 Å². The summed E-state index contributed by atoms with van der Waals surface area (Å²) in [5, 5.41) is 2.85. The van der Waals surface area contributed by atoms with Gasteiger partial charge in [-0.3, -0.25) is 9.69 Å². The summed E-state index contributed by atoms with van der Waals surface area (Å²) in [5.41, 5.74) is 13.1. The standard InChI is InChI=1S/C26H27FN4O/c1-15(2)31-10-8-16-3-4-17(12-20(16)14-31)22-13-23(25(28)30-24(22)27)18-5-6-21-19(11-18)7-9-29-26(21)32/h3-6,11-13,15H,7-10,14H2,1-2H3,(H2,28,30)(H,29,32). The average molecular weight is 431 g/mol. The number of amides is 1. The van der Waals surface area contributed by atoms with E-state index in [1.165, 1.54) is 11.1 Å². The maximum atomic E-state index is 14.9. The minimum Gasteiger partial charge on any atom is -0.383 e. The van der Waals surface area contributed by atoms with Gasteiger partial charge in [-0.1, -0.05) is 24.3 Å². The second kappa shape index (κ2) is 8.02. The Morgan fingerprint density at radius 2 is 1.72 bits per heavy atom. The van der Waals surface area contributed by atoms with Crippen molar-refractivity contribution < 1.29 is 9.18 Å². The zero-order chi connectivity index (χ0) is 22.4. The molecule has 0 radical (unpaired) electrons. The Balaban J connectivity index is 1.55. The molecule has 2 aliphatic rings. The van der Waals surface area contributed by atoms with Gasteiger partial charge in [0.2, 0.25) is 5.95 Å². The number of anilines is 1. The zero-order valence-electron chi connectivity index (χ0n) is 18.4.